The number of nitrogens with zero attached hydrogens (tertiary/aromatic N) is 1. The normalized spacial score (nSPS) is 21.1. The van der Waals surface area contributed by atoms with Crippen LogP contribution in [0.25, 0.3) is 0 Å². The van der Waals surface area contributed by atoms with Crippen molar-refractivity contribution in [3.8, 4) is 0 Å². The number of carbonyl (C=O) groups excluding carboxylic acids is 2. The van der Waals surface area contributed by atoms with E-state index in [1.807, 2.05) is 7.05 Å². The highest BCUT2D eigenvalue weighted by atomic mass is 32.2. The van der Waals surface area contributed by atoms with E-state index >= 15 is 0 Å². The molecule has 2 heterocycles. The van der Waals surface area contributed by atoms with Gasteiger partial charge in [-0.05, 0) is 62.7 Å². The number of halogens is 2. The molecular formula is C23H24F2N4O4S. The summed E-state index contributed by atoms with van der Waals surface area (Å²) in [6.07, 6.45) is 2.78. The maximum atomic E-state index is 14.2. The number of fused-ring (bicyclic) bond motifs is 2. The minimum atomic E-state index is -4.43. The lowest BCUT2D eigenvalue weighted by atomic mass is 9.65. The lowest BCUT2D eigenvalue weighted by molar-refractivity contribution is -0.123. The Morgan fingerprint density at radius 1 is 1.21 bits per heavy atom. The molecule has 5 rings (SSSR count). The second-order valence-corrected chi connectivity index (χ2v) is 10.9. The average Bonchev–Trinajstić information content (AvgIpc) is 3.25. The van der Waals surface area contributed by atoms with Gasteiger partial charge in [0, 0.05) is 18.7 Å². The predicted octanol–water partition coefficient (Wildman–Crippen LogP) is 2.57. The van der Waals surface area contributed by atoms with E-state index in [1.165, 1.54) is 12.1 Å². The fraction of sp³-hybridized carbons (Fsp3) is 0.391. The first kappa shape index (κ1) is 22.7. The van der Waals surface area contributed by atoms with Gasteiger partial charge in [-0.15, -0.1) is 0 Å². The molecule has 0 radical (unpaired) electrons. The van der Waals surface area contributed by atoms with Crippen LogP contribution in [0, 0.1) is 11.6 Å². The Balaban J connectivity index is 1.54. The minimum Gasteiger partial charge on any atom is -0.348 e. The molecule has 1 atom stereocenters. The summed E-state index contributed by atoms with van der Waals surface area (Å²) in [6, 6.07) is 4.96. The first-order valence-corrected chi connectivity index (χ1v) is 12.5. The number of nitrogens with one attached hydrogen (secondary N) is 3. The molecule has 0 aromatic heterocycles. The van der Waals surface area contributed by atoms with Gasteiger partial charge in [0.2, 0.25) is 5.91 Å². The number of likely N-dealkylation sites (tertiary alicyclic amines) is 1. The maximum absolute atomic E-state index is 14.2. The summed E-state index contributed by atoms with van der Waals surface area (Å²) >= 11 is 0. The summed E-state index contributed by atoms with van der Waals surface area (Å²) in [4.78, 5) is 27.4. The standard InChI is InChI=1S/C23H24F2N4O4S/c1-29-8-5-14(12-29)26-21(30)16-10-15(11-17-20(16)27-22(31)23(17)6-2-7-23)28-34(32,33)19-4-3-13(24)9-18(19)25/h3-4,9-11,14,28H,2,5-8,12H2,1H3,(H,26,30)(H,27,31). The Labute approximate surface area is 195 Å². The van der Waals surface area contributed by atoms with Gasteiger partial charge in [-0.3, -0.25) is 14.3 Å². The van der Waals surface area contributed by atoms with Gasteiger partial charge in [-0.1, -0.05) is 6.42 Å². The molecule has 2 fully saturated rings. The molecule has 1 saturated carbocycles. The second kappa shape index (κ2) is 8.02. The van der Waals surface area contributed by atoms with E-state index in [0.29, 0.717) is 36.7 Å². The smallest absolute Gasteiger partial charge is 0.264 e. The monoisotopic (exact) mass is 490 g/mol. The Kier molecular flexibility index (Phi) is 5.36. The van der Waals surface area contributed by atoms with E-state index in [-0.39, 0.29) is 23.2 Å². The third-order valence-corrected chi connectivity index (χ3v) is 8.36. The van der Waals surface area contributed by atoms with Crippen LogP contribution in [-0.4, -0.2) is 51.3 Å². The molecule has 2 aromatic rings. The van der Waals surface area contributed by atoms with Crippen LogP contribution < -0.4 is 15.4 Å². The molecule has 3 aliphatic rings. The number of likely N-dealkylation sites (N-methyl/N-ethyl adjacent to an activating group) is 1. The number of benzene rings is 2. The fourth-order valence-corrected chi connectivity index (χ4v) is 6.09. The first-order valence-electron chi connectivity index (χ1n) is 11.1. The molecule has 180 valence electrons. The fourth-order valence-electron chi connectivity index (χ4n) is 4.99. The van der Waals surface area contributed by atoms with Crippen molar-refractivity contribution in [2.24, 2.45) is 0 Å². The van der Waals surface area contributed by atoms with Crippen molar-refractivity contribution in [2.75, 3.05) is 30.2 Å². The Morgan fingerprint density at radius 3 is 2.59 bits per heavy atom. The van der Waals surface area contributed by atoms with Gasteiger partial charge >= 0.3 is 0 Å². The van der Waals surface area contributed by atoms with E-state index < -0.39 is 37.9 Å². The molecule has 1 saturated heterocycles. The van der Waals surface area contributed by atoms with Crippen molar-refractivity contribution in [1.82, 2.24) is 10.2 Å². The van der Waals surface area contributed by atoms with Gasteiger partial charge in [-0.2, -0.15) is 0 Å². The van der Waals surface area contributed by atoms with Crippen molar-refractivity contribution in [3.05, 3.63) is 53.1 Å². The van der Waals surface area contributed by atoms with Crippen LogP contribution in [0.4, 0.5) is 20.2 Å². The first-order chi connectivity index (χ1) is 16.1. The quantitative estimate of drug-likeness (QED) is 0.597. The summed E-state index contributed by atoms with van der Waals surface area (Å²) in [6.45, 7) is 1.52. The maximum Gasteiger partial charge on any atom is 0.264 e. The van der Waals surface area contributed by atoms with Crippen LogP contribution in [0.3, 0.4) is 0 Å². The number of hydrogen-bond donors (Lipinski definition) is 3. The zero-order chi connectivity index (χ0) is 24.3. The van der Waals surface area contributed by atoms with Gasteiger partial charge in [0.15, 0.2) is 0 Å². The van der Waals surface area contributed by atoms with Crippen LogP contribution >= 0.6 is 0 Å². The molecular weight excluding hydrogens is 466 g/mol. The van der Waals surface area contributed by atoms with Gasteiger partial charge in [0.25, 0.3) is 15.9 Å². The van der Waals surface area contributed by atoms with Crippen molar-refractivity contribution >= 4 is 33.2 Å². The molecule has 1 spiro atoms. The number of anilines is 2. The average molecular weight is 491 g/mol. The van der Waals surface area contributed by atoms with E-state index in [4.69, 9.17) is 0 Å². The van der Waals surface area contributed by atoms with Crippen molar-refractivity contribution in [1.29, 1.82) is 0 Å². The van der Waals surface area contributed by atoms with Gasteiger partial charge in [0.1, 0.15) is 16.5 Å². The number of rotatable bonds is 5. The van der Waals surface area contributed by atoms with Gasteiger partial charge < -0.3 is 15.5 Å². The third-order valence-electron chi connectivity index (χ3n) is 6.94. The molecule has 1 aliphatic carbocycles. The summed E-state index contributed by atoms with van der Waals surface area (Å²) in [5.41, 5.74) is 0.294. The van der Waals surface area contributed by atoms with E-state index in [2.05, 4.69) is 20.3 Å². The topological polar surface area (TPSA) is 108 Å². The Bertz CT molecular complexity index is 1310. The molecule has 34 heavy (non-hydrogen) atoms. The van der Waals surface area contributed by atoms with Crippen LogP contribution in [0.5, 0.6) is 0 Å². The van der Waals surface area contributed by atoms with Gasteiger partial charge in [0.05, 0.1) is 22.4 Å². The number of amides is 2. The lowest BCUT2D eigenvalue weighted by Crippen LogP contribution is -2.40. The zero-order valence-electron chi connectivity index (χ0n) is 18.5. The van der Waals surface area contributed by atoms with Crippen molar-refractivity contribution in [2.45, 2.75) is 42.0 Å². The highest BCUT2D eigenvalue weighted by Gasteiger charge is 2.52. The summed E-state index contributed by atoms with van der Waals surface area (Å²) in [7, 11) is -2.47. The summed E-state index contributed by atoms with van der Waals surface area (Å²) in [5.74, 6) is -2.78. The zero-order valence-corrected chi connectivity index (χ0v) is 19.3. The highest BCUT2D eigenvalue weighted by molar-refractivity contribution is 7.92. The molecule has 0 bridgehead atoms. The van der Waals surface area contributed by atoms with E-state index in [9.17, 15) is 26.8 Å². The predicted molar refractivity (Wildman–Crippen MR) is 121 cm³/mol. The summed E-state index contributed by atoms with van der Waals surface area (Å²) in [5, 5.41) is 5.78. The van der Waals surface area contributed by atoms with E-state index in [1.54, 1.807) is 0 Å². The van der Waals surface area contributed by atoms with Crippen LogP contribution in [-0.2, 0) is 20.2 Å². The minimum absolute atomic E-state index is 0.0268. The van der Waals surface area contributed by atoms with Gasteiger partial charge in [-0.25, -0.2) is 17.2 Å². The number of carbonyl (C=O) groups is 2. The molecule has 2 amide bonds. The van der Waals surface area contributed by atoms with Crippen molar-refractivity contribution in [3.63, 3.8) is 0 Å². The Morgan fingerprint density at radius 2 is 1.97 bits per heavy atom. The Hall–Kier alpha value is -3.05. The lowest BCUT2D eigenvalue weighted by Gasteiger charge is -2.36. The number of hydrogen-bond acceptors (Lipinski definition) is 5. The summed E-state index contributed by atoms with van der Waals surface area (Å²) < 4.78 is 55.5. The van der Waals surface area contributed by atoms with Crippen LogP contribution in [0.2, 0.25) is 0 Å². The molecule has 2 aromatic carbocycles. The van der Waals surface area contributed by atoms with Crippen LogP contribution in [0.1, 0.15) is 41.6 Å². The molecule has 11 heteroatoms. The second-order valence-electron chi connectivity index (χ2n) is 9.24. The van der Waals surface area contributed by atoms with E-state index in [0.717, 1.165) is 31.5 Å². The molecule has 2 aliphatic heterocycles. The van der Waals surface area contributed by atoms with Crippen LogP contribution in [0.15, 0.2) is 35.2 Å². The largest absolute Gasteiger partial charge is 0.348 e. The molecule has 1 unspecified atom stereocenters. The SMILES string of the molecule is CN1CCC(NC(=O)c2cc(NS(=O)(=O)c3ccc(F)cc3F)cc3c2NC(=O)C32CCC2)C1. The molecule has 8 nitrogen and oxygen atoms in total. The highest BCUT2D eigenvalue weighted by Crippen LogP contribution is 2.52. The number of sulfonamides is 1. The molecule has 3 N–H and O–H groups in total. The van der Waals surface area contributed by atoms with Crippen molar-refractivity contribution < 1.29 is 26.8 Å². The third kappa shape index (κ3) is 3.72.